The lowest BCUT2D eigenvalue weighted by Crippen LogP contribution is -2.39. The number of amides is 1. The maximum Gasteiger partial charge on any atom is 0.243 e. The van der Waals surface area contributed by atoms with Crippen molar-refractivity contribution < 1.29 is 4.79 Å². The van der Waals surface area contributed by atoms with Gasteiger partial charge in [0.1, 0.15) is 0 Å². The molecule has 2 aromatic carbocycles. The third-order valence-corrected chi connectivity index (χ3v) is 5.94. The van der Waals surface area contributed by atoms with E-state index in [9.17, 15) is 4.79 Å². The van der Waals surface area contributed by atoms with Gasteiger partial charge < -0.3 is 4.90 Å². The zero-order chi connectivity index (χ0) is 21.3. The lowest BCUT2D eigenvalue weighted by atomic mass is 9.96. The lowest BCUT2D eigenvalue weighted by Gasteiger charge is -2.30. The van der Waals surface area contributed by atoms with Crippen molar-refractivity contribution in [2.24, 2.45) is 11.0 Å². The van der Waals surface area contributed by atoms with E-state index in [1.807, 2.05) is 24.3 Å². The first kappa shape index (κ1) is 22.3. The molecule has 2 aromatic rings. The number of hydrogen-bond donors (Lipinski definition) is 1. The number of rotatable bonds is 8. The van der Waals surface area contributed by atoms with Crippen LogP contribution in [0.3, 0.4) is 0 Å². The minimum Gasteiger partial charge on any atom is -0.372 e. The summed E-state index contributed by atoms with van der Waals surface area (Å²) in [6.45, 7) is 8.99. The van der Waals surface area contributed by atoms with E-state index >= 15 is 0 Å². The van der Waals surface area contributed by atoms with E-state index in [0.717, 1.165) is 56.2 Å². The van der Waals surface area contributed by atoms with Gasteiger partial charge >= 0.3 is 0 Å². The van der Waals surface area contributed by atoms with Crippen molar-refractivity contribution in [2.45, 2.75) is 33.2 Å². The van der Waals surface area contributed by atoms with Crippen LogP contribution in [0.4, 0.5) is 5.69 Å². The van der Waals surface area contributed by atoms with Crippen molar-refractivity contribution in [1.82, 2.24) is 10.3 Å². The number of nitrogens with zero attached hydrogens (tertiary/aromatic N) is 3. The largest absolute Gasteiger partial charge is 0.372 e. The van der Waals surface area contributed by atoms with Gasteiger partial charge in [-0.2, -0.15) is 5.10 Å². The summed E-state index contributed by atoms with van der Waals surface area (Å²) in [5, 5.41) is 4.92. The van der Waals surface area contributed by atoms with Gasteiger partial charge in [-0.1, -0.05) is 35.9 Å². The number of hydrogen-bond acceptors (Lipinski definition) is 4. The Bertz CT molecular complexity index is 823. The predicted molar refractivity (Wildman–Crippen MR) is 125 cm³/mol. The van der Waals surface area contributed by atoms with Gasteiger partial charge in [0.2, 0.25) is 5.91 Å². The Hall–Kier alpha value is -2.37. The lowest BCUT2D eigenvalue weighted by molar-refractivity contribution is -0.126. The molecule has 0 atom stereocenters. The zero-order valence-corrected chi connectivity index (χ0v) is 18.6. The second-order valence-electron chi connectivity index (χ2n) is 7.67. The Kier molecular flexibility index (Phi) is 8.29. The molecule has 1 amide bonds. The SMILES string of the molecule is CCN(CC)c1ccc(/C=N/NC(=O)C2CCN(Cc3ccc(Cl)cc3)CC2)cc1. The maximum absolute atomic E-state index is 12.4. The number of likely N-dealkylation sites (tertiary alicyclic amines) is 1. The number of hydrazone groups is 1. The first-order valence-corrected chi connectivity index (χ1v) is 11.1. The molecule has 0 aliphatic carbocycles. The van der Waals surface area contributed by atoms with Crippen LogP contribution >= 0.6 is 11.6 Å². The summed E-state index contributed by atoms with van der Waals surface area (Å²) in [6, 6.07) is 16.2. The van der Waals surface area contributed by atoms with Gasteiger partial charge in [-0.25, -0.2) is 5.43 Å². The number of benzene rings is 2. The molecule has 0 unspecified atom stereocenters. The highest BCUT2D eigenvalue weighted by molar-refractivity contribution is 6.30. The molecule has 5 nitrogen and oxygen atoms in total. The molecule has 1 aliphatic heterocycles. The van der Waals surface area contributed by atoms with E-state index in [4.69, 9.17) is 11.6 Å². The fraction of sp³-hybridized carbons (Fsp3) is 0.417. The van der Waals surface area contributed by atoms with Crippen LogP contribution in [0.2, 0.25) is 5.02 Å². The van der Waals surface area contributed by atoms with Crippen LogP contribution < -0.4 is 10.3 Å². The molecular weight excluding hydrogens is 396 g/mol. The summed E-state index contributed by atoms with van der Waals surface area (Å²) in [5.41, 5.74) is 6.14. The minimum absolute atomic E-state index is 0.0113. The first-order chi connectivity index (χ1) is 14.6. The predicted octanol–water partition coefficient (Wildman–Crippen LogP) is 4.55. The van der Waals surface area contributed by atoms with Crippen molar-refractivity contribution in [1.29, 1.82) is 0 Å². The van der Waals surface area contributed by atoms with E-state index in [1.165, 1.54) is 11.3 Å². The summed E-state index contributed by atoms with van der Waals surface area (Å²) < 4.78 is 0. The van der Waals surface area contributed by atoms with Crippen LogP contribution in [0.5, 0.6) is 0 Å². The van der Waals surface area contributed by atoms with Gasteiger partial charge in [-0.15, -0.1) is 0 Å². The number of anilines is 1. The van der Waals surface area contributed by atoms with E-state index < -0.39 is 0 Å². The highest BCUT2D eigenvalue weighted by atomic mass is 35.5. The van der Waals surface area contributed by atoms with Crippen molar-refractivity contribution in [3.05, 3.63) is 64.7 Å². The number of carbonyl (C=O) groups is 1. The second kappa shape index (κ2) is 11.1. The summed E-state index contributed by atoms with van der Waals surface area (Å²) in [7, 11) is 0. The van der Waals surface area contributed by atoms with Crippen LogP contribution in [0.1, 0.15) is 37.8 Å². The molecule has 3 rings (SSSR count). The van der Waals surface area contributed by atoms with Gasteiger partial charge in [-0.3, -0.25) is 9.69 Å². The minimum atomic E-state index is 0.0113. The number of carbonyl (C=O) groups excluding carboxylic acids is 1. The third-order valence-electron chi connectivity index (χ3n) is 5.69. The second-order valence-corrected chi connectivity index (χ2v) is 8.11. The molecule has 160 valence electrons. The summed E-state index contributed by atoms with van der Waals surface area (Å²) in [4.78, 5) is 17.1. The van der Waals surface area contributed by atoms with Crippen LogP contribution in [0.15, 0.2) is 53.6 Å². The Morgan fingerprint density at radius 2 is 1.73 bits per heavy atom. The highest BCUT2D eigenvalue weighted by Gasteiger charge is 2.24. The molecule has 1 aliphatic rings. The Morgan fingerprint density at radius 1 is 1.10 bits per heavy atom. The fourth-order valence-corrected chi connectivity index (χ4v) is 3.95. The smallest absolute Gasteiger partial charge is 0.243 e. The molecule has 6 heteroatoms. The van der Waals surface area contributed by atoms with Gasteiger partial charge in [0.25, 0.3) is 0 Å². The molecular formula is C24H31ClN4O. The van der Waals surface area contributed by atoms with Crippen LogP contribution in [-0.2, 0) is 11.3 Å². The van der Waals surface area contributed by atoms with Crippen LogP contribution in [0, 0.1) is 5.92 Å². The Balaban J connectivity index is 1.42. The first-order valence-electron chi connectivity index (χ1n) is 10.7. The number of piperidine rings is 1. The monoisotopic (exact) mass is 426 g/mol. The fourth-order valence-electron chi connectivity index (χ4n) is 3.82. The zero-order valence-electron chi connectivity index (χ0n) is 17.9. The van der Waals surface area contributed by atoms with Crippen LogP contribution in [0.25, 0.3) is 0 Å². The van der Waals surface area contributed by atoms with Crippen molar-refractivity contribution in [3.8, 4) is 0 Å². The van der Waals surface area contributed by atoms with Crippen molar-refractivity contribution in [2.75, 3.05) is 31.1 Å². The molecule has 0 bridgehead atoms. The molecule has 1 heterocycles. The number of nitrogens with one attached hydrogen (secondary N) is 1. The Labute approximate surface area is 184 Å². The normalized spacial score (nSPS) is 15.4. The summed E-state index contributed by atoms with van der Waals surface area (Å²) in [6.07, 6.45) is 3.42. The van der Waals surface area contributed by atoms with Gasteiger partial charge in [0.15, 0.2) is 0 Å². The average molecular weight is 427 g/mol. The van der Waals surface area contributed by atoms with Gasteiger partial charge in [0, 0.05) is 36.3 Å². The van der Waals surface area contributed by atoms with E-state index in [-0.39, 0.29) is 11.8 Å². The van der Waals surface area contributed by atoms with Gasteiger partial charge in [0.05, 0.1) is 6.21 Å². The third kappa shape index (κ3) is 6.31. The molecule has 0 aromatic heterocycles. The van der Waals surface area contributed by atoms with Crippen molar-refractivity contribution in [3.63, 3.8) is 0 Å². The number of halogens is 1. The molecule has 1 saturated heterocycles. The summed E-state index contributed by atoms with van der Waals surface area (Å²) >= 11 is 5.95. The average Bonchev–Trinajstić information content (AvgIpc) is 2.78. The Morgan fingerprint density at radius 3 is 2.33 bits per heavy atom. The van der Waals surface area contributed by atoms with E-state index in [0.29, 0.717) is 0 Å². The van der Waals surface area contributed by atoms with E-state index in [1.54, 1.807) is 6.21 Å². The highest BCUT2D eigenvalue weighted by Crippen LogP contribution is 2.20. The van der Waals surface area contributed by atoms with Crippen LogP contribution in [-0.4, -0.2) is 43.2 Å². The topological polar surface area (TPSA) is 47.9 Å². The molecule has 0 saturated carbocycles. The molecule has 0 spiro atoms. The molecule has 30 heavy (non-hydrogen) atoms. The molecule has 1 N–H and O–H groups in total. The maximum atomic E-state index is 12.4. The quantitative estimate of drug-likeness (QED) is 0.497. The molecule has 1 fully saturated rings. The van der Waals surface area contributed by atoms with Crippen molar-refractivity contribution >= 4 is 29.4 Å². The van der Waals surface area contributed by atoms with Gasteiger partial charge in [-0.05, 0) is 75.2 Å². The standard InChI is InChI=1S/C24H31ClN4O/c1-3-29(4-2)23-11-7-19(8-12-23)17-26-27-24(30)21-13-15-28(16-14-21)18-20-5-9-22(25)10-6-20/h5-12,17,21H,3-4,13-16,18H2,1-2H3,(H,27,30)/b26-17+. The molecule has 0 radical (unpaired) electrons. The summed E-state index contributed by atoms with van der Waals surface area (Å²) in [5.74, 6) is 0.0332. The van der Waals surface area contributed by atoms with E-state index in [2.05, 4.69) is 58.4 Å².